The summed E-state index contributed by atoms with van der Waals surface area (Å²) >= 11 is 5.71. The Bertz CT molecular complexity index is 1070. The number of hydrogen-bond acceptors (Lipinski definition) is 7. The van der Waals surface area contributed by atoms with Crippen molar-refractivity contribution < 1.29 is 23.9 Å². The molecule has 35 heavy (non-hydrogen) atoms. The van der Waals surface area contributed by atoms with Gasteiger partial charge in [-0.2, -0.15) is 0 Å². The van der Waals surface area contributed by atoms with Crippen molar-refractivity contribution in [3.8, 4) is 0 Å². The average Bonchev–Trinajstić information content (AvgIpc) is 3.12. The Morgan fingerprint density at radius 3 is 2.40 bits per heavy atom. The molecule has 2 fully saturated rings. The number of benzene rings is 2. The molecule has 0 radical (unpaired) electrons. The summed E-state index contributed by atoms with van der Waals surface area (Å²) in [6.45, 7) is 4.25. The summed E-state index contributed by atoms with van der Waals surface area (Å²) in [7, 11) is 1.31. The third-order valence-electron chi connectivity index (χ3n) is 6.06. The second-order valence-electron chi connectivity index (χ2n) is 8.28. The highest BCUT2D eigenvalue weighted by atomic mass is 32.1. The molecule has 1 atom stereocenters. The van der Waals surface area contributed by atoms with Gasteiger partial charge in [0.2, 0.25) is 5.91 Å². The molecule has 2 heterocycles. The van der Waals surface area contributed by atoms with E-state index in [4.69, 9.17) is 21.7 Å². The molecule has 4 rings (SSSR count). The zero-order valence-corrected chi connectivity index (χ0v) is 20.3. The number of nitrogens with one attached hydrogen (secondary N) is 1. The van der Waals surface area contributed by atoms with Crippen LogP contribution in [0.15, 0.2) is 54.6 Å². The second kappa shape index (κ2) is 11.4. The predicted molar refractivity (Wildman–Crippen MR) is 135 cm³/mol. The number of rotatable bonds is 8. The molecule has 2 saturated heterocycles. The smallest absolute Gasteiger partial charge is 0.337 e. The van der Waals surface area contributed by atoms with Crippen LogP contribution in [-0.2, 0) is 19.1 Å². The minimum atomic E-state index is -0.710. The van der Waals surface area contributed by atoms with Crippen molar-refractivity contribution >= 4 is 46.5 Å². The van der Waals surface area contributed by atoms with Gasteiger partial charge in [-0.25, -0.2) is 4.79 Å². The van der Waals surface area contributed by atoms with Gasteiger partial charge in [-0.15, -0.1) is 0 Å². The molecular formula is C25H28N4O5S. The standard InChI is InChI=1S/C25H28N4O5S/c1-33-24(32)18-7-9-19(10-8-18)26-22(30)17-21-23(31)29(20-5-3-2-4-6-20)25(35)28(21)12-11-27-13-15-34-16-14-27/h2-10,21H,11-17H2,1H3,(H,26,30)/t21-/m1/s1. The first-order valence-corrected chi connectivity index (χ1v) is 11.9. The number of anilines is 2. The fraction of sp³-hybridized carbons (Fsp3) is 0.360. The van der Waals surface area contributed by atoms with Crippen molar-refractivity contribution in [1.29, 1.82) is 0 Å². The Kier molecular flexibility index (Phi) is 8.06. The molecule has 0 aromatic heterocycles. The van der Waals surface area contributed by atoms with E-state index < -0.39 is 12.0 Å². The second-order valence-corrected chi connectivity index (χ2v) is 8.64. The summed E-state index contributed by atoms with van der Waals surface area (Å²) in [5.74, 6) is -0.993. The molecule has 0 bridgehead atoms. The van der Waals surface area contributed by atoms with Crippen molar-refractivity contribution in [2.24, 2.45) is 0 Å². The van der Waals surface area contributed by atoms with E-state index in [1.54, 1.807) is 24.3 Å². The number of esters is 1. The number of ether oxygens (including phenoxy) is 2. The van der Waals surface area contributed by atoms with Crippen molar-refractivity contribution in [3.63, 3.8) is 0 Å². The number of para-hydroxylation sites is 1. The van der Waals surface area contributed by atoms with Crippen LogP contribution in [0.25, 0.3) is 0 Å². The molecule has 2 aromatic carbocycles. The molecule has 2 aliphatic rings. The van der Waals surface area contributed by atoms with Crippen LogP contribution in [0.5, 0.6) is 0 Å². The van der Waals surface area contributed by atoms with E-state index in [-0.39, 0.29) is 18.2 Å². The van der Waals surface area contributed by atoms with Crippen LogP contribution < -0.4 is 10.2 Å². The van der Waals surface area contributed by atoms with Crippen LogP contribution in [0.2, 0.25) is 0 Å². The molecule has 10 heteroatoms. The van der Waals surface area contributed by atoms with Crippen LogP contribution in [-0.4, -0.2) is 85.2 Å². The lowest BCUT2D eigenvalue weighted by Crippen LogP contribution is -2.45. The SMILES string of the molecule is COC(=O)c1ccc(NC(=O)C[C@@H]2C(=O)N(c3ccccc3)C(=S)N2CCN2CCOCC2)cc1. The maximum atomic E-state index is 13.5. The molecule has 0 aliphatic carbocycles. The predicted octanol–water partition coefficient (Wildman–Crippen LogP) is 2.14. The summed E-state index contributed by atoms with van der Waals surface area (Å²) in [6.07, 6.45) is -0.0514. The largest absolute Gasteiger partial charge is 0.465 e. The lowest BCUT2D eigenvalue weighted by atomic mass is 10.1. The molecule has 2 aromatic rings. The fourth-order valence-electron chi connectivity index (χ4n) is 4.17. The Balaban J connectivity index is 1.47. The highest BCUT2D eigenvalue weighted by molar-refractivity contribution is 7.80. The monoisotopic (exact) mass is 496 g/mol. The van der Waals surface area contributed by atoms with E-state index in [1.165, 1.54) is 12.0 Å². The molecule has 184 valence electrons. The van der Waals surface area contributed by atoms with Crippen molar-refractivity contribution in [2.45, 2.75) is 12.5 Å². The third kappa shape index (κ3) is 5.84. The zero-order chi connectivity index (χ0) is 24.8. The lowest BCUT2D eigenvalue weighted by Gasteiger charge is -2.30. The molecule has 1 N–H and O–H groups in total. The van der Waals surface area contributed by atoms with Crippen LogP contribution in [0.3, 0.4) is 0 Å². The summed E-state index contributed by atoms with van der Waals surface area (Å²) in [4.78, 5) is 43.6. The topological polar surface area (TPSA) is 91.4 Å². The maximum Gasteiger partial charge on any atom is 0.337 e. The number of hydrogen-bond donors (Lipinski definition) is 1. The van der Waals surface area contributed by atoms with Crippen LogP contribution in [0, 0.1) is 0 Å². The minimum absolute atomic E-state index is 0.0514. The maximum absolute atomic E-state index is 13.5. The Labute approximate surface area is 209 Å². The fourth-order valence-corrected chi connectivity index (χ4v) is 4.59. The molecule has 2 amide bonds. The van der Waals surface area contributed by atoms with Gasteiger partial charge in [0.15, 0.2) is 5.11 Å². The molecular weight excluding hydrogens is 468 g/mol. The average molecular weight is 497 g/mol. The highest BCUT2D eigenvalue weighted by Gasteiger charge is 2.44. The lowest BCUT2D eigenvalue weighted by molar-refractivity contribution is -0.124. The Hall–Kier alpha value is -3.34. The van der Waals surface area contributed by atoms with Crippen molar-refractivity contribution in [1.82, 2.24) is 9.80 Å². The number of carbonyl (C=O) groups excluding carboxylic acids is 3. The summed E-state index contributed by atoms with van der Waals surface area (Å²) < 4.78 is 10.1. The minimum Gasteiger partial charge on any atom is -0.465 e. The van der Waals surface area contributed by atoms with Gasteiger partial charge >= 0.3 is 5.97 Å². The van der Waals surface area contributed by atoms with E-state index in [2.05, 4.69) is 10.2 Å². The number of amides is 2. The number of nitrogens with zero attached hydrogens (tertiary/aromatic N) is 3. The number of methoxy groups -OCH3 is 1. The molecule has 9 nitrogen and oxygen atoms in total. The van der Waals surface area contributed by atoms with E-state index >= 15 is 0 Å². The van der Waals surface area contributed by atoms with Gasteiger partial charge in [-0.3, -0.25) is 19.4 Å². The first kappa shape index (κ1) is 24.8. The van der Waals surface area contributed by atoms with Gasteiger partial charge in [0.25, 0.3) is 5.91 Å². The molecule has 0 unspecified atom stereocenters. The van der Waals surface area contributed by atoms with E-state index in [0.29, 0.717) is 48.4 Å². The molecule has 0 spiro atoms. The van der Waals surface area contributed by atoms with Gasteiger partial charge in [0.1, 0.15) is 6.04 Å². The van der Waals surface area contributed by atoms with Crippen LogP contribution in [0.4, 0.5) is 11.4 Å². The molecule has 0 saturated carbocycles. The highest BCUT2D eigenvalue weighted by Crippen LogP contribution is 2.27. The summed E-state index contributed by atoms with van der Waals surface area (Å²) in [5, 5.41) is 3.21. The van der Waals surface area contributed by atoms with Crippen LogP contribution >= 0.6 is 12.2 Å². The van der Waals surface area contributed by atoms with Gasteiger partial charge in [0, 0.05) is 31.9 Å². The van der Waals surface area contributed by atoms with E-state index in [9.17, 15) is 14.4 Å². The quantitative estimate of drug-likeness (QED) is 0.439. The first-order chi connectivity index (χ1) is 17.0. The van der Waals surface area contributed by atoms with Gasteiger partial charge in [-0.1, -0.05) is 18.2 Å². The third-order valence-corrected chi connectivity index (χ3v) is 6.48. The summed E-state index contributed by atoms with van der Waals surface area (Å²) in [5.41, 5.74) is 1.59. The van der Waals surface area contributed by atoms with Crippen LogP contribution in [0.1, 0.15) is 16.8 Å². The van der Waals surface area contributed by atoms with Gasteiger partial charge in [0.05, 0.1) is 38.0 Å². The zero-order valence-electron chi connectivity index (χ0n) is 19.5. The first-order valence-electron chi connectivity index (χ1n) is 11.5. The molecule has 2 aliphatic heterocycles. The van der Waals surface area contributed by atoms with Gasteiger partial charge in [-0.05, 0) is 48.6 Å². The van der Waals surface area contributed by atoms with Gasteiger partial charge < -0.3 is 19.7 Å². The Morgan fingerprint density at radius 1 is 1.06 bits per heavy atom. The van der Waals surface area contributed by atoms with Crippen molar-refractivity contribution in [2.75, 3.05) is 56.7 Å². The number of morpholine rings is 1. The van der Waals surface area contributed by atoms with E-state index in [1.807, 2.05) is 35.2 Å². The van der Waals surface area contributed by atoms with E-state index in [0.717, 1.165) is 13.1 Å². The Morgan fingerprint density at radius 2 is 1.74 bits per heavy atom. The normalized spacial score (nSPS) is 18.6. The number of thiocarbonyl (C=S) groups is 1. The van der Waals surface area contributed by atoms with Crippen molar-refractivity contribution in [3.05, 3.63) is 60.2 Å². The summed E-state index contributed by atoms with van der Waals surface area (Å²) in [6, 6.07) is 14.9. The number of carbonyl (C=O) groups is 3.